The molecule has 1 aromatic carbocycles. The number of aliphatic hydroxyl groups is 1. The lowest BCUT2D eigenvalue weighted by atomic mass is 9.76. The minimum Gasteiger partial charge on any atom is -0.391 e. The van der Waals surface area contributed by atoms with Crippen molar-refractivity contribution in [3.05, 3.63) is 41.5 Å². The first-order valence-electron chi connectivity index (χ1n) is 10.0. The van der Waals surface area contributed by atoms with Crippen molar-refractivity contribution < 1.29 is 5.11 Å². The quantitative estimate of drug-likeness (QED) is 0.665. The highest BCUT2D eigenvalue weighted by Gasteiger charge is 2.40. The maximum Gasteiger partial charge on any atom is 0.0728 e. The maximum atomic E-state index is 11.1. The van der Waals surface area contributed by atoms with Gasteiger partial charge < -0.3 is 5.11 Å². The SMILES string of the molecule is CCc1ccc(/C=C/C[C@@H](C)[C@@H](O)C(N(C)C(C)(C)C)C(C)(C)C)cc1. The second-order valence-electron chi connectivity index (χ2n) is 9.79. The second kappa shape index (κ2) is 9.19. The fraction of sp³-hybridized carbons (Fsp3) is 0.667. The average Bonchev–Trinajstić information content (AvgIpc) is 2.53. The lowest BCUT2D eigenvalue weighted by Crippen LogP contribution is -2.57. The molecule has 2 heteroatoms. The van der Waals surface area contributed by atoms with Crippen LogP contribution in [0.1, 0.15) is 72.9 Å². The lowest BCUT2D eigenvalue weighted by molar-refractivity contribution is -0.0571. The number of nitrogens with zero attached hydrogens (tertiary/aromatic N) is 1. The van der Waals surface area contributed by atoms with E-state index in [9.17, 15) is 5.11 Å². The second-order valence-corrected chi connectivity index (χ2v) is 9.79. The van der Waals surface area contributed by atoms with Crippen LogP contribution in [0.25, 0.3) is 6.08 Å². The zero-order chi connectivity index (χ0) is 20.1. The van der Waals surface area contributed by atoms with Crippen LogP contribution in [0.4, 0.5) is 0 Å². The number of benzene rings is 1. The summed E-state index contributed by atoms with van der Waals surface area (Å²) in [5.41, 5.74) is 2.62. The van der Waals surface area contributed by atoms with Gasteiger partial charge >= 0.3 is 0 Å². The standard InChI is InChI=1S/C24H41NO/c1-10-19-14-16-20(17-15-19)13-11-12-18(2)21(26)22(23(3,4)5)25(9)24(6,7)8/h11,13-18,21-22,26H,10,12H2,1-9H3/b13-11+/t18-,21-,22?/m1/s1. The van der Waals surface area contributed by atoms with Crippen LogP contribution >= 0.6 is 0 Å². The van der Waals surface area contributed by atoms with Gasteiger partial charge in [-0.15, -0.1) is 0 Å². The van der Waals surface area contributed by atoms with Crippen LogP contribution in [0.3, 0.4) is 0 Å². The Morgan fingerprint density at radius 3 is 2.00 bits per heavy atom. The normalized spacial score (nSPS) is 16.9. The summed E-state index contributed by atoms with van der Waals surface area (Å²) >= 11 is 0. The average molecular weight is 360 g/mol. The van der Waals surface area contributed by atoms with Gasteiger partial charge in [0.25, 0.3) is 0 Å². The van der Waals surface area contributed by atoms with Crippen molar-refractivity contribution in [1.29, 1.82) is 0 Å². The van der Waals surface area contributed by atoms with Gasteiger partial charge in [0.15, 0.2) is 0 Å². The molecule has 0 spiro atoms. The molecule has 0 heterocycles. The van der Waals surface area contributed by atoms with E-state index in [0.717, 1.165) is 12.8 Å². The van der Waals surface area contributed by atoms with Crippen molar-refractivity contribution in [2.75, 3.05) is 7.05 Å². The van der Waals surface area contributed by atoms with Crippen LogP contribution in [0, 0.1) is 11.3 Å². The molecule has 26 heavy (non-hydrogen) atoms. The number of aryl methyl sites for hydroxylation is 1. The van der Waals surface area contributed by atoms with Gasteiger partial charge in [0, 0.05) is 11.6 Å². The molecule has 0 aliphatic carbocycles. The molecule has 0 aliphatic heterocycles. The Hall–Kier alpha value is -1.12. The van der Waals surface area contributed by atoms with Crippen molar-refractivity contribution in [3.63, 3.8) is 0 Å². The summed E-state index contributed by atoms with van der Waals surface area (Å²) in [5, 5.41) is 11.1. The van der Waals surface area contributed by atoms with Crippen LogP contribution < -0.4 is 0 Å². The molecular formula is C24H41NO. The van der Waals surface area contributed by atoms with Crippen LogP contribution in [0.2, 0.25) is 0 Å². The van der Waals surface area contributed by atoms with Crippen LogP contribution in [0.15, 0.2) is 30.3 Å². The third kappa shape index (κ3) is 6.55. The van der Waals surface area contributed by atoms with Gasteiger partial charge in [-0.05, 0) is 63.1 Å². The molecule has 3 atom stereocenters. The first kappa shape index (κ1) is 22.9. The van der Waals surface area contributed by atoms with E-state index in [1.54, 1.807) is 0 Å². The van der Waals surface area contributed by atoms with Gasteiger partial charge in [0.2, 0.25) is 0 Å². The number of aliphatic hydroxyl groups excluding tert-OH is 1. The van der Waals surface area contributed by atoms with Gasteiger partial charge in [-0.25, -0.2) is 0 Å². The number of hydrogen-bond acceptors (Lipinski definition) is 2. The van der Waals surface area contributed by atoms with Gasteiger partial charge in [-0.3, -0.25) is 4.90 Å². The summed E-state index contributed by atoms with van der Waals surface area (Å²) in [7, 11) is 2.14. The van der Waals surface area contributed by atoms with Gasteiger partial charge in [-0.1, -0.05) is 71.0 Å². The molecule has 0 aromatic heterocycles. The monoisotopic (exact) mass is 359 g/mol. The van der Waals surface area contributed by atoms with E-state index in [0.29, 0.717) is 0 Å². The number of hydrogen-bond donors (Lipinski definition) is 1. The highest BCUT2D eigenvalue weighted by Crippen LogP contribution is 2.33. The Bertz CT molecular complexity index is 559. The van der Waals surface area contributed by atoms with E-state index < -0.39 is 0 Å². The molecular weight excluding hydrogens is 318 g/mol. The molecule has 0 radical (unpaired) electrons. The number of allylic oxidation sites excluding steroid dienone is 1. The first-order valence-corrected chi connectivity index (χ1v) is 10.0. The Labute approximate surface area is 162 Å². The molecule has 1 rings (SSSR count). The van der Waals surface area contributed by atoms with E-state index in [1.807, 2.05) is 0 Å². The zero-order valence-electron chi connectivity index (χ0n) is 18.5. The number of rotatable bonds is 7. The van der Waals surface area contributed by atoms with Crippen LogP contribution in [-0.4, -0.2) is 34.7 Å². The summed E-state index contributed by atoms with van der Waals surface area (Å²) in [4.78, 5) is 2.33. The Morgan fingerprint density at radius 2 is 1.58 bits per heavy atom. The smallest absolute Gasteiger partial charge is 0.0728 e. The van der Waals surface area contributed by atoms with E-state index >= 15 is 0 Å². The molecule has 2 nitrogen and oxygen atoms in total. The summed E-state index contributed by atoms with van der Waals surface area (Å²) in [6.45, 7) is 17.6. The van der Waals surface area contributed by atoms with Crippen LogP contribution in [-0.2, 0) is 6.42 Å². The number of likely N-dealkylation sites (N-methyl/N-ethyl adjacent to an activating group) is 1. The molecule has 0 aliphatic rings. The van der Waals surface area contributed by atoms with E-state index in [4.69, 9.17) is 0 Å². The minimum atomic E-state index is -0.369. The van der Waals surface area contributed by atoms with Crippen LogP contribution in [0.5, 0.6) is 0 Å². The van der Waals surface area contributed by atoms with Crippen molar-refractivity contribution in [2.24, 2.45) is 11.3 Å². The molecule has 0 saturated carbocycles. The summed E-state index contributed by atoms with van der Waals surface area (Å²) < 4.78 is 0. The Kier molecular flexibility index (Phi) is 8.10. The van der Waals surface area contributed by atoms with Crippen molar-refractivity contribution in [1.82, 2.24) is 4.90 Å². The maximum absolute atomic E-state index is 11.1. The molecule has 0 bridgehead atoms. The molecule has 1 aromatic rings. The fourth-order valence-corrected chi connectivity index (χ4v) is 3.47. The van der Waals surface area contributed by atoms with Gasteiger partial charge in [0.1, 0.15) is 0 Å². The third-order valence-electron chi connectivity index (χ3n) is 5.48. The molecule has 148 valence electrons. The highest BCUT2D eigenvalue weighted by atomic mass is 16.3. The zero-order valence-corrected chi connectivity index (χ0v) is 18.5. The van der Waals surface area contributed by atoms with E-state index in [1.165, 1.54) is 11.1 Å². The molecule has 1 unspecified atom stereocenters. The third-order valence-corrected chi connectivity index (χ3v) is 5.48. The predicted octanol–water partition coefficient (Wildman–Crippen LogP) is 5.79. The van der Waals surface area contributed by atoms with Crippen molar-refractivity contribution in [2.45, 2.75) is 85.9 Å². The van der Waals surface area contributed by atoms with Gasteiger partial charge in [0.05, 0.1) is 6.10 Å². The van der Waals surface area contributed by atoms with Gasteiger partial charge in [-0.2, -0.15) is 0 Å². The molecule has 1 N–H and O–H groups in total. The molecule has 0 amide bonds. The topological polar surface area (TPSA) is 23.5 Å². The Balaban J connectivity index is 2.81. The molecule has 0 saturated heterocycles. The van der Waals surface area contributed by atoms with E-state index in [-0.39, 0.29) is 29.0 Å². The summed E-state index contributed by atoms with van der Waals surface area (Å²) in [6, 6.07) is 8.82. The lowest BCUT2D eigenvalue weighted by Gasteiger charge is -2.48. The van der Waals surface area contributed by atoms with Crippen molar-refractivity contribution in [3.8, 4) is 0 Å². The predicted molar refractivity (Wildman–Crippen MR) is 115 cm³/mol. The Morgan fingerprint density at radius 1 is 1.04 bits per heavy atom. The molecule has 0 fully saturated rings. The van der Waals surface area contributed by atoms with Crippen molar-refractivity contribution >= 4 is 6.08 Å². The highest BCUT2D eigenvalue weighted by molar-refractivity contribution is 5.49. The first-order chi connectivity index (χ1) is 11.9. The largest absolute Gasteiger partial charge is 0.391 e. The summed E-state index contributed by atoms with van der Waals surface area (Å²) in [5.74, 6) is 0.204. The fourth-order valence-electron chi connectivity index (χ4n) is 3.47. The summed E-state index contributed by atoms with van der Waals surface area (Å²) in [6.07, 6.45) is 5.95. The van der Waals surface area contributed by atoms with E-state index in [2.05, 4.69) is 104 Å². The minimum absolute atomic E-state index is 0.00933.